The molecule has 1 aliphatic heterocycles. The highest BCUT2D eigenvalue weighted by Crippen LogP contribution is 2.26. The van der Waals surface area contributed by atoms with Crippen molar-refractivity contribution in [3.63, 3.8) is 0 Å². The lowest BCUT2D eigenvalue weighted by Gasteiger charge is -2.29. The fourth-order valence-corrected chi connectivity index (χ4v) is 3.17. The SMILES string of the molecule is CC(CC(=O)NC(C)C1CCCNC1)CC(C)(C)C. The molecule has 0 saturated carbocycles. The summed E-state index contributed by atoms with van der Waals surface area (Å²) in [6.07, 6.45) is 4.21. The van der Waals surface area contributed by atoms with Crippen molar-refractivity contribution >= 4 is 5.91 Å². The molecule has 0 bridgehead atoms. The lowest BCUT2D eigenvalue weighted by atomic mass is 9.84. The lowest BCUT2D eigenvalue weighted by Crippen LogP contribution is -2.44. The van der Waals surface area contributed by atoms with Crippen LogP contribution >= 0.6 is 0 Å². The Morgan fingerprint density at radius 1 is 1.37 bits per heavy atom. The van der Waals surface area contributed by atoms with Gasteiger partial charge in [0.15, 0.2) is 0 Å². The molecule has 3 atom stereocenters. The molecule has 19 heavy (non-hydrogen) atoms. The van der Waals surface area contributed by atoms with Gasteiger partial charge >= 0.3 is 0 Å². The summed E-state index contributed by atoms with van der Waals surface area (Å²) in [6, 6.07) is 0.294. The van der Waals surface area contributed by atoms with Crippen LogP contribution in [0.3, 0.4) is 0 Å². The summed E-state index contributed by atoms with van der Waals surface area (Å²) < 4.78 is 0. The molecule has 0 radical (unpaired) electrons. The van der Waals surface area contributed by atoms with E-state index in [0.717, 1.165) is 19.5 Å². The Hall–Kier alpha value is -0.570. The summed E-state index contributed by atoms with van der Waals surface area (Å²) in [6.45, 7) is 13.2. The van der Waals surface area contributed by atoms with E-state index in [4.69, 9.17) is 0 Å². The lowest BCUT2D eigenvalue weighted by molar-refractivity contribution is -0.123. The van der Waals surface area contributed by atoms with Crippen molar-refractivity contribution in [1.29, 1.82) is 0 Å². The first-order valence-corrected chi connectivity index (χ1v) is 7.78. The zero-order chi connectivity index (χ0) is 14.5. The van der Waals surface area contributed by atoms with E-state index in [1.54, 1.807) is 0 Å². The van der Waals surface area contributed by atoms with Crippen molar-refractivity contribution in [2.24, 2.45) is 17.3 Å². The Morgan fingerprint density at radius 3 is 2.58 bits per heavy atom. The quantitative estimate of drug-likeness (QED) is 0.805. The minimum absolute atomic E-state index is 0.217. The number of carbonyl (C=O) groups is 1. The van der Waals surface area contributed by atoms with Crippen LogP contribution in [0, 0.1) is 17.3 Å². The third-order valence-corrected chi connectivity index (χ3v) is 3.93. The van der Waals surface area contributed by atoms with Crippen molar-refractivity contribution in [3.05, 3.63) is 0 Å². The van der Waals surface area contributed by atoms with Gasteiger partial charge in [-0.1, -0.05) is 27.7 Å². The van der Waals surface area contributed by atoms with Gasteiger partial charge in [-0.05, 0) is 56.5 Å². The predicted octanol–water partition coefficient (Wildman–Crippen LogP) is 2.95. The van der Waals surface area contributed by atoms with Gasteiger partial charge in [0.2, 0.25) is 5.91 Å². The number of hydrogen-bond donors (Lipinski definition) is 2. The Morgan fingerprint density at radius 2 is 2.05 bits per heavy atom. The van der Waals surface area contributed by atoms with Crippen LogP contribution in [-0.4, -0.2) is 25.0 Å². The smallest absolute Gasteiger partial charge is 0.220 e. The maximum Gasteiger partial charge on any atom is 0.220 e. The molecule has 1 amide bonds. The summed E-state index contributed by atoms with van der Waals surface area (Å²) >= 11 is 0. The molecule has 3 nitrogen and oxygen atoms in total. The van der Waals surface area contributed by atoms with Gasteiger partial charge in [-0.2, -0.15) is 0 Å². The number of hydrogen-bond acceptors (Lipinski definition) is 2. The van der Waals surface area contributed by atoms with Crippen LogP contribution in [0.5, 0.6) is 0 Å². The number of rotatable bonds is 5. The van der Waals surface area contributed by atoms with Crippen molar-refractivity contribution in [1.82, 2.24) is 10.6 Å². The molecule has 112 valence electrons. The first-order valence-electron chi connectivity index (χ1n) is 7.78. The number of piperidine rings is 1. The molecule has 2 N–H and O–H groups in total. The Bertz CT molecular complexity index is 277. The fraction of sp³-hybridized carbons (Fsp3) is 0.938. The molecular formula is C16H32N2O. The van der Waals surface area contributed by atoms with Gasteiger partial charge < -0.3 is 10.6 Å². The monoisotopic (exact) mass is 268 g/mol. The predicted molar refractivity (Wildman–Crippen MR) is 81.1 cm³/mol. The normalized spacial score (nSPS) is 23.7. The van der Waals surface area contributed by atoms with Gasteiger partial charge in [-0.25, -0.2) is 0 Å². The van der Waals surface area contributed by atoms with Crippen LogP contribution in [0.2, 0.25) is 0 Å². The minimum Gasteiger partial charge on any atom is -0.353 e. The third kappa shape index (κ3) is 6.95. The molecule has 3 heteroatoms. The molecule has 1 aliphatic rings. The van der Waals surface area contributed by atoms with Crippen molar-refractivity contribution in [3.8, 4) is 0 Å². The molecule has 1 rings (SSSR count). The zero-order valence-corrected chi connectivity index (χ0v) is 13.4. The molecule has 0 spiro atoms. The van der Waals surface area contributed by atoms with E-state index in [1.807, 2.05) is 0 Å². The Labute approximate surface area is 118 Å². The largest absolute Gasteiger partial charge is 0.353 e. The first kappa shape index (κ1) is 16.5. The molecule has 3 unspecified atom stereocenters. The number of nitrogens with one attached hydrogen (secondary N) is 2. The summed E-state index contributed by atoms with van der Waals surface area (Å²) in [5.74, 6) is 1.27. The van der Waals surface area contributed by atoms with Gasteiger partial charge in [0.1, 0.15) is 0 Å². The summed E-state index contributed by atoms with van der Waals surface area (Å²) in [5.41, 5.74) is 0.304. The fourth-order valence-electron chi connectivity index (χ4n) is 3.17. The van der Waals surface area contributed by atoms with Gasteiger partial charge in [0.25, 0.3) is 0 Å². The average Bonchev–Trinajstić information content (AvgIpc) is 2.27. The van der Waals surface area contributed by atoms with Crippen LogP contribution in [0.1, 0.15) is 60.3 Å². The van der Waals surface area contributed by atoms with Crippen molar-refractivity contribution < 1.29 is 4.79 Å². The van der Waals surface area contributed by atoms with Crippen molar-refractivity contribution in [2.45, 2.75) is 66.3 Å². The Balaban J connectivity index is 2.29. The van der Waals surface area contributed by atoms with Gasteiger partial charge in [-0.15, -0.1) is 0 Å². The second kappa shape index (κ2) is 7.28. The molecule has 1 fully saturated rings. The van der Waals surface area contributed by atoms with Gasteiger partial charge in [0, 0.05) is 12.5 Å². The molecule has 1 saturated heterocycles. The third-order valence-electron chi connectivity index (χ3n) is 3.93. The van der Waals surface area contributed by atoms with E-state index in [1.165, 1.54) is 12.8 Å². The second-order valence-electron chi connectivity index (χ2n) is 7.54. The molecule has 0 aromatic rings. The summed E-state index contributed by atoms with van der Waals surface area (Å²) in [5, 5.41) is 6.60. The van der Waals surface area contributed by atoms with Crippen molar-refractivity contribution in [2.75, 3.05) is 13.1 Å². The van der Waals surface area contributed by atoms with E-state index >= 15 is 0 Å². The van der Waals surface area contributed by atoms with Crippen LogP contribution in [0.4, 0.5) is 0 Å². The van der Waals surface area contributed by atoms with E-state index in [-0.39, 0.29) is 5.91 Å². The first-order chi connectivity index (χ1) is 8.78. The minimum atomic E-state index is 0.217. The van der Waals surface area contributed by atoms with Crippen LogP contribution in [0.25, 0.3) is 0 Å². The maximum atomic E-state index is 12.1. The van der Waals surface area contributed by atoms with Gasteiger partial charge in [-0.3, -0.25) is 4.79 Å². The van der Waals surface area contributed by atoms with Gasteiger partial charge in [0.05, 0.1) is 0 Å². The number of amides is 1. The summed E-state index contributed by atoms with van der Waals surface area (Å²) in [4.78, 5) is 12.1. The van der Waals surface area contributed by atoms with Crippen LogP contribution < -0.4 is 10.6 Å². The molecule has 0 aromatic heterocycles. The highest BCUT2D eigenvalue weighted by molar-refractivity contribution is 5.76. The second-order valence-corrected chi connectivity index (χ2v) is 7.54. The molecule has 0 aliphatic carbocycles. The number of carbonyl (C=O) groups excluding carboxylic acids is 1. The average molecular weight is 268 g/mol. The Kier molecular flexibility index (Phi) is 6.31. The van der Waals surface area contributed by atoms with E-state index in [2.05, 4.69) is 45.3 Å². The topological polar surface area (TPSA) is 41.1 Å². The molecule has 0 aromatic carbocycles. The van der Waals surface area contributed by atoms with E-state index < -0.39 is 0 Å². The summed E-state index contributed by atoms with van der Waals surface area (Å²) in [7, 11) is 0. The maximum absolute atomic E-state index is 12.1. The van der Waals surface area contributed by atoms with Crippen LogP contribution in [0.15, 0.2) is 0 Å². The highest BCUT2D eigenvalue weighted by atomic mass is 16.1. The van der Waals surface area contributed by atoms with E-state index in [0.29, 0.717) is 29.7 Å². The van der Waals surface area contributed by atoms with E-state index in [9.17, 15) is 4.79 Å². The zero-order valence-electron chi connectivity index (χ0n) is 13.4. The highest BCUT2D eigenvalue weighted by Gasteiger charge is 2.23. The molecular weight excluding hydrogens is 236 g/mol. The standard InChI is InChI=1S/C16H32N2O/c1-12(10-16(3,4)5)9-15(19)18-13(2)14-7-6-8-17-11-14/h12-14,17H,6-11H2,1-5H3,(H,18,19). The van der Waals surface area contributed by atoms with Crippen LogP contribution in [-0.2, 0) is 4.79 Å². The molecule has 1 heterocycles.